The van der Waals surface area contributed by atoms with Crippen molar-refractivity contribution in [3.8, 4) is 0 Å². The van der Waals surface area contributed by atoms with Crippen LogP contribution in [0.25, 0.3) is 0 Å². The van der Waals surface area contributed by atoms with Crippen molar-refractivity contribution in [3.05, 3.63) is 101 Å². The molecular formula is C62H98BrN13O10S. The zero-order chi connectivity index (χ0) is 64.6. The van der Waals surface area contributed by atoms with Crippen LogP contribution >= 0.6 is 15.9 Å². The van der Waals surface area contributed by atoms with E-state index < -0.39 is 112 Å². The predicted molar refractivity (Wildman–Crippen MR) is 341 cm³/mol. The molecule has 23 nitrogen and oxygen atoms in total. The summed E-state index contributed by atoms with van der Waals surface area (Å²) in [6.07, 6.45) is 3.93. The molecule has 0 fully saturated rings. The van der Waals surface area contributed by atoms with Gasteiger partial charge in [0.1, 0.15) is 36.3 Å². The van der Waals surface area contributed by atoms with Gasteiger partial charge in [-0.25, -0.2) is 8.42 Å². The summed E-state index contributed by atoms with van der Waals surface area (Å²) < 4.78 is 29.7. The Balaban J connectivity index is 1.93. The Kier molecular flexibility index (Phi) is 34.0. The van der Waals surface area contributed by atoms with Crippen LogP contribution in [0.5, 0.6) is 0 Å². The molecular weight excluding hydrogens is 1200 g/mol. The number of benzene rings is 3. The first kappa shape index (κ1) is 74.9. The lowest BCUT2D eigenvalue weighted by atomic mass is 9.98. The van der Waals surface area contributed by atoms with E-state index in [0.29, 0.717) is 49.5 Å². The Morgan fingerprint density at radius 2 is 0.793 bits per heavy atom. The van der Waals surface area contributed by atoms with Crippen LogP contribution < -0.4 is 65.9 Å². The van der Waals surface area contributed by atoms with E-state index >= 15 is 0 Å². The summed E-state index contributed by atoms with van der Waals surface area (Å²) in [6, 6.07) is 15.1. The van der Waals surface area contributed by atoms with E-state index in [1.807, 2.05) is 71.9 Å². The van der Waals surface area contributed by atoms with E-state index in [-0.39, 0.29) is 93.7 Å². The summed E-state index contributed by atoms with van der Waals surface area (Å²) in [7, 11) is -4.34. The van der Waals surface area contributed by atoms with Crippen LogP contribution in [0, 0.1) is 17.8 Å². The van der Waals surface area contributed by atoms with Gasteiger partial charge >= 0.3 is 0 Å². The Hall–Kier alpha value is -6.35. The molecule has 0 heterocycles. The average Bonchev–Trinajstić information content (AvgIpc) is 1.91. The van der Waals surface area contributed by atoms with E-state index in [2.05, 4.69) is 53.1 Å². The first-order chi connectivity index (χ1) is 41.3. The highest BCUT2D eigenvalue weighted by atomic mass is 79.9. The number of nitrogens with two attached hydrogens (primary N) is 5. The lowest BCUT2D eigenvalue weighted by molar-refractivity contribution is -0.136. The van der Waals surface area contributed by atoms with Crippen LogP contribution in [0.2, 0.25) is 0 Å². The second-order valence-corrected chi connectivity index (χ2v) is 26.4. The fourth-order valence-corrected chi connectivity index (χ4v) is 11.5. The molecule has 17 N–H and O–H groups in total. The average molecular weight is 1300 g/mol. The fraction of sp³-hybridized carbons (Fsp3) is 0.581. The minimum absolute atomic E-state index is 0.0411. The minimum atomic E-state index is -4.34. The number of nitrogens with zero attached hydrogens (tertiary/aromatic N) is 1. The van der Waals surface area contributed by atoms with Gasteiger partial charge in [0.25, 0.3) is 0 Å². The molecule has 8 amide bonds. The lowest BCUT2D eigenvalue weighted by Crippen LogP contribution is -2.60. The summed E-state index contributed by atoms with van der Waals surface area (Å²) in [5.41, 5.74) is 31.0. The van der Waals surface area contributed by atoms with E-state index in [0.717, 1.165) is 15.4 Å². The summed E-state index contributed by atoms with van der Waals surface area (Å²) >= 11 is 3.32. The zero-order valence-electron chi connectivity index (χ0n) is 51.6. The number of nitrogens with one attached hydrogen (secondary N) is 7. The van der Waals surface area contributed by atoms with Crippen molar-refractivity contribution in [3.63, 3.8) is 0 Å². The maximum Gasteiger partial charge on any atom is 0.243 e. The number of unbranched alkanes of at least 4 members (excludes halogenated alkanes) is 3. The van der Waals surface area contributed by atoms with Gasteiger partial charge in [0, 0.05) is 17.1 Å². The Bertz CT molecular complexity index is 2730. The number of hydrogen-bond acceptors (Lipinski definition) is 14. The minimum Gasteiger partial charge on any atom is -0.369 e. The van der Waals surface area contributed by atoms with Crippen LogP contribution in [0.15, 0.2) is 94.3 Å². The third-order valence-corrected chi connectivity index (χ3v) is 16.6. The van der Waals surface area contributed by atoms with Crippen molar-refractivity contribution in [1.82, 2.24) is 41.5 Å². The highest BCUT2D eigenvalue weighted by Crippen LogP contribution is 2.21. The highest BCUT2D eigenvalue weighted by molar-refractivity contribution is 9.10. The maximum atomic E-state index is 14.6. The van der Waals surface area contributed by atoms with Crippen molar-refractivity contribution in [2.45, 2.75) is 185 Å². The van der Waals surface area contributed by atoms with E-state index in [1.165, 1.54) is 12.1 Å². The van der Waals surface area contributed by atoms with Crippen molar-refractivity contribution >= 4 is 73.2 Å². The molecule has 0 saturated carbocycles. The van der Waals surface area contributed by atoms with Gasteiger partial charge in [-0.1, -0.05) is 118 Å². The van der Waals surface area contributed by atoms with Gasteiger partial charge < -0.3 is 65.9 Å². The van der Waals surface area contributed by atoms with Gasteiger partial charge in [-0.05, 0) is 163 Å². The molecule has 0 aromatic heterocycles. The Morgan fingerprint density at radius 3 is 1.15 bits per heavy atom. The van der Waals surface area contributed by atoms with Gasteiger partial charge in [-0.2, -0.15) is 4.31 Å². The molecule has 0 bridgehead atoms. The predicted octanol–water partition coefficient (Wildman–Crippen LogP) is 2.66. The number of hydrogen-bond donors (Lipinski definition) is 12. The zero-order valence-corrected chi connectivity index (χ0v) is 54.0. The third kappa shape index (κ3) is 28.1. The van der Waals surface area contributed by atoms with Gasteiger partial charge in [0.15, 0.2) is 0 Å². The van der Waals surface area contributed by atoms with Crippen molar-refractivity contribution in [2.24, 2.45) is 46.4 Å². The molecule has 25 heteroatoms. The van der Waals surface area contributed by atoms with Crippen molar-refractivity contribution in [1.29, 1.82) is 0 Å². The molecule has 0 aliphatic rings. The first-order valence-electron chi connectivity index (χ1n) is 30.4. The molecule has 0 unspecified atom stereocenters. The molecule has 0 saturated heterocycles. The normalized spacial score (nSPS) is 14.4. The maximum absolute atomic E-state index is 14.6. The van der Waals surface area contributed by atoms with Crippen LogP contribution in [0.4, 0.5) is 0 Å². The number of rotatable bonds is 42. The summed E-state index contributed by atoms with van der Waals surface area (Å²) in [5, 5.41) is 19.9. The van der Waals surface area contributed by atoms with Gasteiger partial charge in [-0.15, -0.1) is 0 Å². The lowest BCUT2D eigenvalue weighted by Gasteiger charge is -2.30. The molecule has 87 heavy (non-hydrogen) atoms. The van der Waals surface area contributed by atoms with E-state index in [1.54, 1.807) is 42.5 Å². The standard InChI is InChI=1S/C62H98BrN13O10S/c1-40(2)33-52(73-56(78)48(67)37-44-21-11-8-12-22-44)60(82)72-51(25-15-18-32-66)59(81)74-54(35-42(5)6)62(84)75-53(34-41(3)4)61(83)71-50(24-14-17-31-65)58(80)70-49(23-13-16-30-64)57(79)69-46(36-43-19-9-7-10-20-43)38-76(39-55(68)77)87(85,86)47-28-26-45(63)27-29-47/h7-12,19-22,26-29,40-42,46,48-54H,13-18,23-25,30-39,64-67H2,1-6H3,(H2,68,77)(H,69,79)(H,70,80)(H,71,83)(H,72,82)(H,73,78)(H,74,81)(H,75,84)/t46-,48-,49-,50-,51-,52-,53-,54-/m0/s1. The summed E-state index contributed by atoms with van der Waals surface area (Å²) in [6.45, 7) is 11.0. The SMILES string of the molecule is CC(C)C[C@H](NC(=O)[C@H](CC(C)C)NC(=O)[C@H](CCCCN)NC(=O)[C@H](CC(C)C)NC(=O)[C@@H](N)Cc1ccccc1)C(=O)N[C@@H](CCCCN)C(=O)N[C@@H](CCCCN)C(=O)N[C@@H](Cc1ccccc1)CN(CC(N)=O)S(=O)(=O)c1ccc(Br)cc1. The van der Waals surface area contributed by atoms with Gasteiger partial charge in [0.2, 0.25) is 57.3 Å². The van der Waals surface area contributed by atoms with E-state index in [4.69, 9.17) is 28.7 Å². The largest absolute Gasteiger partial charge is 0.369 e. The quantitative estimate of drug-likeness (QED) is 0.0363. The van der Waals surface area contributed by atoms with Crippen molar-refractivity contribution < 1.29 is 46.8 Å². The molecule has 8 atom stereocenters. The Labute approximate surface area is 523 Å². The molecule has 0 aliphatic carbocycles. The monoisotopic (exact) mass is 1300 g/mol. The van der Waals surface area contributed by atoms with E-state index in [9.17, 15) is 46.8 Å². The number of sulfonamides is 1. The first-order valence-corrected chi connectivity index (χ1v) is 32.6. The summed E-state index contributed by atoms with van der Waals surface area (Å²) in [4.78, 5) is 113. The fourth-order valence-electron chi connectivity index (χ4n) is 9.78. The number of primary amides is 1. The van der Waals surface area contributed by atoms with Crippen LogP contribution in [-0.4, -0.2) is 141 Å². The molecule has 484 valence electrons. The topological polar surface area (TPSA) is 388 Å². The second-order valence-electron chi connectivity index (χ2n) is 23.5. The number of carbonyl (C=O) groups excluding carboxylic acids is 8. The smallest absolute Gasteiger partial charge is 0.243 e. The Morgan fingerprint density at radius 1 is 0.460 bits per heavy atom. The molecule has 0 spiro atoms. The van der Waals surface area contributed by atoms with Gasteiger partial charge in [-0.3, -0.25) is 38.4 Å². The van der Waals surface area contributed by atoms with Gasteiger partial charge in [0.05, 0.1) is 17.5 Å². The molecule has 3 aromatic rings. The molecule has 0 radical (unpaired) electrons. The number of carbonyl (C=O) groups is 8. The van der Waals surface area contributed by atoms with Crippen molar-refractivity contribution in [2.75, 3.05) is 32.7 Å². The number of halogens is 1. The number of amides is 8. The van der Waals surface area contributed by atoms with Crippen LogP contribution in [0.3, 0.4) is 0 Å². The van der Waals surface area contributed by atoms with Crippen LogP contribution in [0.1, 0.15) is 130 Å². The summed E-state index contributed by atoms with van der Waals surface area (Å²) in [5.74, 6) is -5.86. The highest BCUT2D eigenvalue weighted by Gasteiger charge is 2.36. The van der Waals surface area contributed by atoms with Crippen LogP contribution in [-0.2, 0) is 61.2 Å². The molecule has 0 aliphatic heterocycles. The molecule has 3 rings (SSSR count). The molecule has 3 aromatic carbocycles. The second kappa shape index (κ2) is 39.5. The third-order valence-electron chi connectivity index (χ3n) is 14.3.